The molecule has 0 atom stereocenters. The molecular formula is C18H18Cl3N3. The summed E-state index contributed by atoms with van der Waals surface area (Å²) in [5.74, 6) is 0. The lowest BCUT2D eigenvalue weighted by Gasteiger charge is -2.33. The highest BCUT2D eigenvalue weighted by Crippen LogP contribution is 2.20. The second-order valence-corrected chi connectivity index (χ2v) is 6.98. The molecule has 0 bridgehead atoms. The molecule has 1 aliphatic rings. The molecule has 2 aromatic rings. The van der Waals surface area contributed by atoms with E-state index in [1.807, 2.05) is 30.3 Å². The number of hydrazone groups is 1. The van der Waals surface area contributed by atoms with Crippen molar-refractivity contribution in [3.8, 4) is 0 Å². The molecule has 1 aliphatic heterocycles. The average molecular weight is 383 g/mol. The Morgan fingerprint density at radius 3 is 2.38 bits per heavy atom. The van der Waals surface area contributed by atoms with Crippen molar-refractivity contribution in [3.05, 3.63) is 68.7 Å². The zero-order valence-electron chi connectivity index (χ0n) is 13.1. The van der Waals surface area contributed by atoms with Crippen molar-refractivity contribution in [2.75, 3.05) is 26.2 Å². The zero-order chi connectivity index (χ0) is 16.9. The van der Waals surface area contributed by atoms with Crippen LogP contribution in [-0.4, -0.2) is 42.3 Å². The van der Waals surface area contributed by atoms with Crippen LogP contribution in [0.5, 0.6) is 0 Å². The Morgan fingerprint density at radius 1 is 0.917 bits per heavy atom. The van der Waals surface area contributed by atoms with Gasteiger partial charge in [-0.15, -0.1) is 0 Å². The van der Waals surface area contributed by atoms with Gasteiger partial charge in [-0.25, -0.2) is 0 Å². The fourth-order valence-corrected chi connectivity index (χ4v) is 3.28. The number of hydrogen-bond acceptors (Lipinski definition) is 3. The van der Waals surface area contributed by atoms with E-state index in [9.17, 15) is 0 Å². The van der Waals surface area contributed by atoms with Gasteiger partial charge < -0.3 is 0 Å². The van der Waals surface area contributed by atoms with E-state index in [-0.39, 0.29) is 0 Å². The maximum Gasteiger partial charge on any atom is 0.0557 e. The quantitative estimate of drug-likeness (QED) is 0.707. The second kappa shape index (κ2) is 8.21. The van der Waals surface area contributed by atoms with Gasteiger partial charge in [0, 0.05) is 48.3 Å². The molecule has 0 spiro atoms. The van der Waals surface area contributed by atoms with Gasteiger partial charge in [0.25, 0.3) is 0 Å². The predicted octanol–water partition coefficient (Wildman–Crippen LogP) is 4.80. The summed E-state index contributed by atoms with van der Waals surface area (Å²) in [5, 5.41) is 8.67. The highest BCUT2D eigenvalue weighted by molar-refractivity contribution is 6.36. The van der Waals surface area contributed by atoms with E-state index in [2.05, 4.69) is 21.1 Å². The Balaban J connectivity index is 1.53. The Kier molecular flexibility index (Phi) is 6.01. The van der Waals surface area contributed by atoms with Crippen molar-refractivity contribution in [2.24, 2.45) is 5.10 Å². The summed E-state index contributed by atoms with van der Waals surface area (Å²) in [5.41, 5.74) is 2.05. The Morgan fingerprint density at radius 2 is 1.67 bits per heavy atom. The fourth-order valence-electron chi connectivity index (χ4n) is 2.63. The lowest BCUT2D eigenvalue weighted by Crippen LogP contribution is -2.43. The van der Waals surface area contributed by atoms with E-state index in [1.54, 1.807) is 12.3 Å². The first-order chi connectivity index (χ1) is 11.6. The second-order valence-electron chi connectivity index (χ2n) is 5.73. The summed E-state index contributed by atoms with van der Waals surface area (Å²) in [4.78, 5) is 2.39. The largest absolute Gasteiger partial charge is 0.295 e. The van der Waals surface area contributed by atoms with Crippen molar-refractivity contribution in [1.82, 2.24) is 9.91 Å². The molecule has 126 valence electrons. The maximum atomic E-state index is 6.23. The molecule has 1 fully saturated rings. The molecule has 0 radical (unpaired) electrons. The minimum atomic E-state index is 0.614. The molecule has 24 heavy (non-hydrogen) atoms. The van der Waals surface area contributed by atoms with Gasteiger partial charge >= 0.3 is 0 Å². The SMILES string of the molecule is Clc1ccc(C=NN2CCN(Cc3ccccc3Cl)CC2)c(Cl)c1. The molecule has 0 unspecified atom stereocenters. The van der Waals surface area contributed by atoms with Crippen LogP contribution in [0.3, 0.4) is 0 Å². The number of hydrogen-bond donors (Lipinski definition) is 0. The normalized spacial score (nSPS) is 16.0. The van der Waals surface area contributed by atoms with Gasteiger partial charge in [0.2, 0.25) is 0 Å². The molecule has 0 aliphatic carbocycles. The lowest BCUT2D eigenvalue weighted by molar-refractivity contribution is 0.131. The van der Waals surface area contributed by atoms with Crippen LogP contribution in [0.15, 0.2) is 47.6 Å². The molecular weight excluding hydrogens is 365 g/mol. The predicted molar refractivity (Wildman–Crippen MR) is 102 cm³/mol. The molecule has 0 amide bonds. The van der Waals surface area contributed by atoms with E-state index in [1.165, 1.54) is 5.56 Å². The summed E-state index contributed by atoms with van der Waals surface area (Å²) < 4.78 is 0. The van der Waals surface area contributed by atoms with Gasteiger partial charge in [0.1, 0.15) is 0 Å². The highest BCUT2D eigenvalue weighted by atomic mass is 35.5. The van der Waals surface area contributed by atoms with Gasteiger partial charge in [-0.3, -0.25) is 9.91 Å². The standard InChI is InChI=1S/C18H18Cl3N3/c19-16-6-5-14(18(21)11-16)12-22-24-9-7-23(8-10-24)13-15-3-1-2-4-17(15)20/h1-6,11-12H,7-10,13H2. The van der Waals surface area contributed by atoms with E-state index in [0.29, 0.717) is 10.0 Å². The Bertz CT molecular complexity index is 725. The molecule has 6 heteroatoms. The third kappa shape index (κ3) is 4.64. The molecule has 2 aromatic carbocycles. The molecule has 0 aromatic heterocycles. The van der Waals surface area contributed by atoms with E-state index in [4.69, 9.17) is 34.8 Å². The molecule has 0 saturated carbocycles. The third-order valence-corrected chi connectivity index (χ3v) is 4.95. The van der Waals surface area contributed by atoms with Crippen LogP contribution >= 0.6 is 34.8 Å². The third-order valence-electron chi connectivity index (χ3n) is 4.02. The number of halogens is 3. The van der Waals surface area contributed by atoms with Crippen molar-refractivity contribution in [1.29, 1.82) is 0 Å². The highest BCUT2D eigenvalue weighted by Gasteiger charge is 2.16. The minimum Gasteiger partial charge on any atom is -0.295 e. The van der Waals surface area contributed by atoms with Crippen LogP contribution < -0.4 is 0 Å². The van der Waals surface area contributed by atoms with Crippen LogP contribution in [0.2, 0.25) is 15.1 Å². The monoisotopic (exact) mass is 381 g/mol. The minimum absolute atomic E-state index is 0.614. The van der Waals surface area contributed by atoms with Gasteiger partial charge in [0.05, 0.1) is 11.2 Å². The average Bonchev–Trinajstić information content (AvgIpc) is 2.57. The zero-order valence-corrected chi connectivity index (χ0v) is 15.4. The van der Waals surface area contributed by atoms with Gasteiger partial charge in [-0.2, -0.15) is 5.10 Å². The van der Waals surface area contributed by atoms with Crippen LogP contribution in [0.4, 0.5) is 0 Å². The lowest BCUT2D eigenvalue weighted by atomic mass is 10.2. The van der Waals surface area contributed by atoms with Crippen LogP contribution in [0.25, 0.3) is 0 Å². The van der Waals surface area contributed by atoms with Gasteiger partial charge in [-0.1, -0.05) is 59.1 Å². The van der Waals surface area contributed by atoms with Gasteiger partial charge in [-0.05, 0) is 23.8 Å². The van der Waals surface area contributed by atoms with Crippen molar-refractivity contribution >= 4 is 41.0 Å². The molecule has 3 rings (SSSR count). The van der Waals surface area contributed by atoms with Crippen LogP contribution in [0, 0.1) is 0 Å². The molecule has 0 N–H and O–H groups in total. The summed E-state index contributed by atoms with van der Waals surface area (Å²) >= 11 is 18.3. The topological polar surface area (TPSA) is 18.8 Å². The van der Waals surface area contributed by atoms with Crippen molar-refractivity contribution < 1.29 is 0 Å². The van der Waals surface area contributed by atoms with E-state index in [0.717, 1.165) is 43.3 Å². The first-order valence-electron chi connectivity index (χ1n) is 7.81. The first-order valence-corrected chi connectivity index (χ1v) is 8.95. The summed E-state index contributed by atoms with van der Waals surface area (Å²) in [6.45, 7) is 4.55. The Labute approximate surface area is 157 Å². The summed E-state index contributed by atoms with van der Waals surface area (Å²) in [6, 6.07) is 13.4. The number of benzene rings is 2. The van der Waals surface area contributed by atoms with E-state index < -0.39 is 0 Å². The number of rotatable bonds is 4. The van der Waals surface area contributed by atoms with Crippen molar-refractivity contribution in [2.45, 2.75) is 6.54 Å². The summed E-state index contributed by atoms with van der Waals surface area (Å²) in [6.07, 6.45) is 1.79. The smallest absolute Gasteiger partial charge is 0.0557 e. The van der Waals surface area contributed by atoms with Gasteiger partial charge in [0.15, 0.2) is 0 Å². The Hall–Kier alpha value is -1.26. The molecule has 1 saturated heterocycles. The van der Waals surface area contributed by atoms with Crippen LogP contribution in [0.1, 0.15) is 11.1 Å². The molecule has 3 nitrogen and oxygen atoms in total. The fraction of sp³-hybridized carbons (Fsp3) is 0.278. The number of piperazine rings is 1. The summed E-state index contributed by atoms with van der Waals surface area (Å²) in [7, 11) is 0. The van der Waals surface area contributed by atoms with Crippen molar-refractivity contribution in [3.63, 3.8) is 0 Å². The maximum absolute atomic E-state index is 6.23. The number of nitrogens with zero attached hydrogens (tertiary/aromatic N) is 3. The van der Waals surface area contributed by atoms with E-state index >= 15 is 0 Å². The molecule has 1 heterocycles. The van der Waals surface area contributed by atoms with Crippen LogP contribution in [-0.2, 0) is 6.54 Å². The first kappa shape index (κ1) is 17.6.